The maximum atomic E-state index is 12.0. The fourth-order valence-electron chi connectivity index (χ4n) is 1.76. The summed E-state index contributed by atoms with van der Waals surface area (Å²) in [4.78, 5) is 12.0. The van der Waals surface area contributed by atoms with Crippen LogP contribution >= 0.6 is 15.9 Å². The first kappa shape index (κ1) is 19.0. The predicted octanol–water partition coefficient (Wildman–Crippen LogP) is 3.04. The van der Waals surface area contributed by atoms with Crippen molar-refractivity contribution in [1.29, 1.82) is 5.26 Å². The first-order chi connectivity index (χ1) is 10.9. The second-order valence-corrected chi connectivity index (χ2v) is 5.48. The van der Waals surface area contributed by atoms with Gasteiger partial charge < -0.3 is 19.3 Å². The number of methoxy groups -OCH3 is 1. The first-order valence-corrected chi connectivity index (χ1v) is 7.69. The van der Waals surface area contributed by atoms with Crippen LogP contribution in [0, 0.1) is 11.3 Å². The highest BCUT2D eigenvalue weighted by molar-refractivity contribution is 9.10. The van der Waals surface area contributed by atoms with Crippen LogP contribution in [0.5, 0.6) is 11.5 Å². The van der Waals surface area contributed by atoms with E-state index in [9.17, 15) is 9.90 Å². The molecule has 6 nitrogen and oxygen atoms in total. The van der Waals surface area contributed by atoms with Crippen LogP contribution in [0.1, 0.15) is 19.4 Å². The minimum absolute atomic E-state index is 0.0428. The predicted molar refractivity (Wildman–Crippen MR) is 88.0 cm³/mol. The lowest BCUT2D eigenvalue weighted by atomic mass is 10.1. The summed E-state index contributed by atoms with van der Waals surface area (Å²) in [6, 6.07) is 4.92. The Bertz CT molecular complexity index is 636. The Kier molecular flexibility index (Phi) is 7.59. The summed E-state index contributed by atoms with van der Waals surface area (Å²) in [6.07, 6.45) is 0.906. The molecule has 23 heavy (non-hydrogen) atoms. The quantitative estimate of drug-likeness (QED) is 0.442. The number of nitriles is 1. The molecule has 1 atom stereocenters. The number of aromatic hydroxyl groups is 1. The summed E-state index contributed by atoms with van der Waals surface area (Å²) >= 11 is 3.20. The van der Waals surface area contributed by atoms with E-state index in [1.165, 1.54) is 19.3 Å². The van der Waals surface area contributed by atoms with Gasteiger partial charge in [-0.3, -0.25) is 0 Å². The van der Waals surface area contributed by atoms with Crippen LogP contribution < -0.4 is 4.74 Å². The maximum Gasteiger partial charge on any atom is 0.349 e. The van der Waals surface area contributed by atoms with Crippen LogP contribution in [0.25, 0.3) is 6.08 Å². The number of esters is 1. The molecule has 124 valence electrons. The fraction of sp³-hybridized carbons (Fsp3) is 0.375. The van der Waals surface area contributed by atoms with E-state index in [0.29, 0.717) is 16.6 Å². The van der Waals surface area contributed by atoms with Gasteiger partial charge in [-0.15, -0.1) is 0 Å². The number of halogens is 1. The lowest BCUT2D eigenvalue weighted by Crippen LogP contribution is -2.20. The van der Waals surface area contributed by atoms with Crippen molar-refractivity contribution in [3.8, 4) is 17.6 Å². The molecule has 1 rings (SSSR count). The van der Waals surface area contributed by atoms with Gasteiger partial charge in [-0.05, 0) is 53.5 Å². The van der Waals surface area contributed by atoms with Gasteiger partial charge in [0.05, 0.1) is 17.7 Å². The molecule has 0 radical (unpaired) electrons. The Morgan fingerprint density at radius 3 is 2.78 bits per heavy atom. The molecule has 0 fully saturated rings. The number of hydrogen-bond donors (Lipinski definition) is 1. The number of rotatable bonds is 7. The van der Waals surface area contributed by atoms with Crippen molar-refractivity contribution in [1.82, 2.24) is 0 Å². The van der Waals surface area contributed by atoms with Crippen molar-refractivity contribution in [3.63, 3.8) is 0 Å². The van der Waals surface area contributed by atoms with Gasteiger partial charge >= 0.3 is 5.97 Å². The van der Waals surface area contributed by atoms with Crippen LogP contribution in [-0.2, 0) is 14.3 Å². The zero-order valence-electron chi connectivity index (χ0n) is 13.1. The number of benzene rings is 1. The van der Waals surface area contributed by atoms with E-state index in [2.05, 4.69) is 15.9 Å². The van der Waals surface area contributed by atoms with E-state index >= 15 is 0 Å². The Hall–Kier alpha value is -2.04. The highest BCUT2D eigenvalue weighted by Crippen LogP contribution is 2.36. The summed E-state index contributed by atoms with van der Waals surface area (Å²) in [7, 11) is 1.49. The molecule has 0 amide bonds. The third-order valence-corrected chi connectivity index (χ3v) is 3.32. The van der Waals surface area contributed by atoms with Crippen molar-refractivity contribution in [2.45, 2.75) is 20.0 Å². The molecule has 1 N–H and O–H groups in total. The molecule has 1 aromatic rings. The normalized spacial score (nSPS) is 12.4. The number of nitrogens with zero attached hydrogens (tertiary/aromatic N) is 1. The average molecular weight is 384 g/mol. The first-order valence-electron chi connectivity index (χ1n) is 6.89. The molecule has 0 saturated heterocycles. The zero-order chi connectivity index (χ0) is 17.4. The molecule has 7 heteroatoms. The van der Waals surface area contributed by atoms with Gasteiger partial charge in [-0.1, -0.05) is 0 Å². The molecule has 0 unspecified atom stereocenters. The molecule has 0 aromatic heterocycles. The Morgan fingerprint density at radius 2 is 2.22 bits per heavy atom. The highest BCUT2D eigenvalue weighted by Gasteiger charge is 2.16. The third-order valence-electron chi connectivity index (χ3n) is 2.71. The standard InChI is InChI=1S/C16H18BrNO5/c1-4-22-14-7-11(6-13(17)15(14)19)5-12(8-18)16(20)23-10(2)9-21-3/h5-7,10,19H,4,9H2,1-3H3/b12-5+/t10-/m1/s1. The minimum atomic E-state index is -0.737. The molecule has 0 aliphatic rings. The smallest absolute Gasteiger partial charge is 0.349 e. The second kappa shape index (κ2) is 9.18. The van der Waals surface area contributed by atoms with E-state index in [1.54, 1.807) is 19.9 Å². The van der Waals surface area contributed by atoms with Crippen molar-refractivity contribution >= 4 is 28.0 Å². The molecule has 0 aliphatic heterocycles. The molecule has 0 heterocycles. The van der Waals surface area contributed by atoms with Crippen LogP contribution in [0.3, 0.4) is 0 Å². The Labute approximate surface area is 143 Å². The number of carbonyl (C=O) groups excluding carboxylic acids is 1. The monoisotopic (exact) mass is 383 g/mol. The number of phenolic OH excluding ortho intramolecular Hbond substituents is 1. The Balaban J connectivity index is 3.07. The minimum Gasteiger partial charge on any atom is -0.503 e. The van der Waals surface area contributed by atoms with Crippen molar-refractivity contribution in [2.24, 2.45) is 0 Å². The van der Waals surface area contributed by atoms with Crippen molar-refractivity contribution < 1.29 is 24.1 Å². The number of ether oxygens (including phenoxy) is 3. The summed E-state index contributed by atoms with van der Waals surface area (Å²) in [5.41, 5.74) is 0.360. The molecule has 0 aliphatic carbocycles. The summed E-state index contributed by atoms with van der Waals surface area (Å²) in [5, 5.41) is 19.0. The van der Waals surface area contributed by atoms with E-state index in [0.717, 1.165) is 0 Å². The number of hydrogen-bond acceptors (Lipinski definition) is 6. The molecule has 1 aromatic carbocycles. The van der Waals surface area contributed by atoms with Crippen molar-refractivity contribution in [2.75, 3.05) is 20.3 Å². The number of carbonyl (C=O) groups is 1. The molecule has 0 spiro atoms. The van der Waals surface area contributed by atoms with Gasteiger partial charge in [0.2, 0.25) is 0 Å². The van der Waals surface area contributed by atoms with E-state index in [1.807, 2.05) is 6.07 Å². The number of phenols is 1. The van der Waals surface area contributed by atoms with Crippen molar-refractivity contribution in [3.05, 3.63) is 27.7 Å². The van der Waals surface area contributed by atoms with Crippen LogP contribution in [0.15, 0.2) is 22.2 Å². The van der Waals surface area contributed by atoms with Gasteiger partial charge in [-0.25, -0.2) is 4.79 Å². The molecular formula is C16H18BrNO5. The lowest BCUT2D eigenvalue weighted by molar-refractivity contribution is -0.145. The summed E-state index contributed by atoms with van der Waals surface area (Å²) in [6.45, 7) is 4.06. The Morgan fingerprint density at radius 1 is 1.52 bits per heavy atom. The zero-order valence-corrected chi connectivity index (χ0v) is 14.7. The van der Waals surface area contributed by atoms with Gasteiger partial charge in [0, 0.05) is 7.11 Å². The maximum absolute atomic E-state index is 12.0. The van der Waals surface area contributed by atoms with Crippen LogP contribution in [0.2, 0.25) is 0 Å². The average Bonchev–Trinajstić information content (AvgIpc) is 2.49. The highest BCUT2D eigenvalue weighted by atomic mass is 79.9. The van der Waals surface area contributed by atoms with E-state index in [4.69, 9.17) is 19.5 Å². The molecule has 0 saturated carbocycles. The second-order valence-electron chi connectivity index (χ2n) is 4.62. The van der Waals surface area contributed by atoms with Gasteiger partial charge in [0.1, 0.15) is 17.7 Å². The van der Waals surface area contributed by atoms with Crippen LogP contribution in [0.4, 0.5) is 0 Å². The lowest BCUT2D eigenvalue weighted by Gasteiger charge is -2.12. The topological polar surface area (TPSA) is 88.8 Å². The van der Waals surface area contributed by atoms with E-state index in [-0.39, 0.29) is 23.7 Å². The van der Waals surface area contributed by atoms with Gasteiger partial charge in [0.25, 0.3) is 0 Å². The summed E-state index contributed by atoms with van der Waals surface area (Å²) < 4.78 is 15.7. The fourth-order valence-corrected chi connectivity index (χ4v) is 2.22. The van der Waals surface area contributed by atoms with Crippen LogP contribution in [-0.4, -0.2) is 37.5 Å². The van der Waals surface area contributed by atoms with Gasteiger partial charge in [-0.2, -0.15) is 5.26 Å². The molecular weight excluding hydrogens is 366 g/mol. The van der Waals surface area contributed by atoms with Gasteiger partial charge in [0.15, 0.2) is 11.5 Å². The molecule has 0 bridgehead atoms. The largest absolute Gasteiger partial charge is 0.503 e. The van der Waals surface area contributed by atoms with E-state index < -0.39 is 12.1 Å². The summed E-state index contributed by atoms with van der Waals surface area (Å²) in [5.74, 6) is -0.524. The SMILES string of the molecule is CCOc1cc(/C=C(\C#N)C(=O)O[C@H](C)COC)cc(Br)c1O. The third kappa shape index (κ3) is 5.58.